The van der Waals surface area contributed by atoms with Crippen molar-refractivity contribution in [2.45, 2.75) is 6.04 Å². The first-order valence-electron chi connectivity index (χ1n) is 9.16. The van der Waals surface area contributed by atoms with Crippen LogP contribution in [0.2, 0.25) is 0 Å². The maximum absolute atomic E-state index is 13.0. The van der Waals surface area contributed by atoms with E-state index in [4.69, 9.17) is 4.74 Å². The highest BCUT2D eigenvalue weighted by Crippen LogP contribution is 2.24. The molecule has 0 radical (unpaired) electrons. The molecule has 1 amide bonds. The predicted molar refractivity (Wildman–Crippen MR) is 109 cm³/mol. The molecule has 0 aliphatic carbocycles. The molecule has 0 aliphatic heterocycles. The van der Waals surface area contributed by atoms with Crippen LogP contribution in [0.25, 0.3) is 5.69 Å². The summed E-state index contributed by atoms with van der Waals surface area (Å²) in [5.74, 6) is 1.28. The van der Waals surface area contributed by atoms with E-state index in [1.54, 1.807) is 38.0 Å². The average molecular weight is 387 g/mol. The molecule has 146 valence electrons. The van der Waals surface area contributed by atoms with Gasteiger partial charge in [-0.05, 0) is 42.0 Å². The van der Waals surface area contributed by atoms with E-state index < -0.39 is 6.04 Å². The first kappa shape index (κ1) is 18.5. The fourth-order valence-electron chi connectivity index (χ4n) is 3.18. The zero-order chi connectivity index (χ0) is 20.2. The Morgan fingerprint density at radius 3 is 2.59 bits per heavy atom. The molecule has 2 aromatic carbocycles. The summed E-state index contributed by atoms with van der Waals surface area (Å²) >= 11 is 0. The van der Waals surface area contributed by atoms with Crippen LogP contribution in [0.4, 0.5) is 0 Å². The number of carbonyl (C=O) groups is 1. The first-order valence-corrected chi connectivity index (χ1v) is 9.16. The van der Waals surface area contributed by atoms with E-state index in [-0.39, 0.29) is 5.91 Å². The molecule has 0 bridgehead atoms. The minimum atomic E-state index is -0.411. The van der Waals surface area contributed by atoms with Gasteiger partial charge in [0.05, 0.1) is 13.4 Å². The van der Waals surface area contributed by atoms with Crippen LogP contribution in [0.5, 0.6) is 5.75 Å². The summed E-state index contributed by atoms with van der Waals surface area (Å²) in [7, 11) is 3.52. The van der Waals surface area contributed by atoms with Gasteiger partial charge >= 0.3 is 0 Å². The van der Waals surface area contributed by atoms with Crippen molar-refractivity contribution in [1.29, 1.82) is 0 Å². The van der Waals surface area contributed by atoms with Crippen LogP contribution in [0.1, 0.15) is 27.8 Å². The summed E-state index contributed by atoms with van der Waals surface area (Å²) in [6.07, 6.45) is 8.86. The van der Waals surface area contributed by atoms with E-state index in [0.717, 1.165) is 22.8 Å². The molecule has 1 atom stereocenters. The lowest BCUT2D eigenvalue weighted by atomic mass is 10.0. The van der Waals surface area contributed by atoms with Crippen molar-refractivity contribution in [2.75, 3.05) is 7.11 Å². The first-order chi connectivity index (χ1) is 14.2. The van der Waals surface area contributed by atoms with Gasteiger partial charge in [0.15, 0.2) is 0 Å². The number of imidazole rings is 2. The lowest BCUT2D eigenvalue weighted by molar-refractivity contribution is 0.0941. The number of aryl methyl sites for hydroxylation is 1. The van der Waals surface area contributed by atoms with Crippen LogP contribution >= 0.6 is 0 Å². The van der Waals surface area contributed by atoms with Gasteiger partial charge in [-0.3, -0.25) is 4.79 Å². The van der Waals surface area contributed by atoms with Crippen molar-refractivity contribution in [3.05, 3.63) is 96.6 Å². The number of aromatic nitrogens is 4. The van der Waals surface area contributed by atoms with Crippen LogP contribution < -0.4 is 10.1 Å². The number of ether oxygens (including phenoxy) is 1. The van der Waals surface area contributed by atoms with Gasteiger partial charge in [-0.15, -0.1) is 0 Å². The zero-order valence-electron chi connectivity index (χ0n) is 16.2. The second-order valence-corrected chi connectivity index (χ2v) is 6.60. The molecule has 4 aromatic rings. The summed E-state index contributed by atoms with van der Waals surface area (Å²) < 4.78 is 9.12. The normalized spacial score (nSPS) is 11.8. The Kier molecular flexibility index (Phi) is 5.11. The van der Waals surface area contributed by atoms with Crippen molar-refractivity contribution in [1.82, 2.24) is 24.4 Å². The molecule has 7 nitrogen and oxygen atoms in total. The molecule has 0 aliphatic rings. The van der Waals surface area contributed by atoms with Crippen molar-refractivity contribution in [2.24, 2.45) is 7.05 Å². The lowest BCUT2D eigenvalue weighted by Crippen LogP contribution is -2.31. The Morgan fingerprint density at radius 2 is 1.93 bits per heavy atom. The van der Waals surface area contributed by atoms with Crippen LogP contribution in [0.3, 0.4) is 0 Å². The van der Waals surface area contributed by atoms with Crippen LogP contribution in [-0.4, -0.2) is 32.1 Å². The number of rotatable bonds is 6. The molecule has 2 heterocycles. The number of nitrogens with one attached hydrogen (secondary N) is 1. The highest BCUT2D eigenvalue weighted by Gasteiger charge is 2.22. The molecule has 1 N–H and O–H groups in total. The summed E-state index contributed by atoms with van der Waals surface area (Å²) in [6.45, 7) is 0. The van der Waals surface area contributed by atoms with Crippen LogP contribution in [0.15, 0.2) is 79.6 Å². The van der Waals surface area contributed by atoms with Crippen molar-refractivity contribution < 1.29 is 9.53 Å². The molecule has 0 fully saturated rings. The zero-order valence-corrected chi connectivity index (χ0v) is 16.2. The minimum Gasteiger partial charge on any atom is -0.497 e. The molecule has 29 heavy (non-hydrogen) atoms. The van der Waals surface area contributed by atoms with Gasteiger partial charge in [0.1, 0.15) is 17.6 Å². The summed E-state index contributed by atoms with van der Waals surface area (Å²) in [6, 6.07) is 14.6. The topological polar surface area (TPSA) is 74.0 Å². The number of benzene rings is 2. The number of hydrogen-bond acceptors (Lipinski definition) is 4. The maximum atomic E-state index is 13.0. The molecule has 4 rings (SSSR count). The molecule has 7 heteroatoms. The quantitative estimate of drug-likeness (QED) is 0.552. The van der Waals surface area contributed by atoms with Gasteiger partial charge < -0.3 is 19.2 Å². The Morgan fingerprint density at radius 1 is 1.10 bits per heavy atom. The summed E-state index contributed by atoms with van der Waals surface area (Å²) in [4.78, 5) is 21.5. The second kappa shape index (κ2) is 8.02. The Bertz CT molecular complexity index is 1100. The van der Waals surface area contributed by atoms with Crippen LogP contribution in [0, 0.1) is 0 Å². The number of nitrogens with zero attached hydrogens (tertiary/aromatic N) is 4. The number of amides is 1. The third kappa shape index (κ3) is 3.89. The second-order valence-electron chi connectivity index (χ2n) is 6.60. The van der Waals surface area contributed by atoms with Crippen molar-refractivity contribution in [3.63, 3.8) is 0 Å². The highest BCUT2D eigenvalue weighted by atomic mass is 16.5. The molecule has 1 unspecified atom stereocenters. The fourth-order valence-corrected chi connectivity index (χ4v) is 3.18. The SMILES string of the molecule is COc1cccc(C(NC(=O)c2ccc(-n3ccnc3)cc2)c2nccn2C)c1. The van der Waals surface area contributed by atoms with E-state index >= 15 is 0 Å². The van der Waals surface area contributed by atoms with Gasteiger partial charge in [0, 0.05) is 43.1 Å². The largest absolute Gasteiger partial charge is 0.497 e. The maximum Gasteiger partial charge on any atom is 0.252 e. The minimum absolute atomic E-state index is 0.182. The van der Waals surface area contributed by atoms with Gasteiger partial charge in [-0.1, -0.05) is 12.1 Å². The van der Waals surface area contributed by atoms with Gasteiger partial charge in [0.2, 0.25) is 0 Å². The van der Waals surface area contributed by atoms with E-state index in [1.807, 2.05) is 65.0 Å². The van der Waals surface area contributed by atoms with Crippen LogP contribution in [-0.2, 0) is 7.05 Å². The van der Waals surface area contributed by atoms with Gasteiger partial charge in [-0.2, -0.15) is 0 Å². The third-order valence-electron chi connectivity index (χ3n) is 4.75. The number of methoxy groups -OCH3 is 1. The monoisotopic (exact) mass is 387 g/mol. The predicted octanol–water partition coefficient (Wildman–Crippen LogP) is 3.13. The molecular weight excluding hydrogens is 366 g/mol. The van der Waals surface area contributed by atoms with Gasteiger partial charge in [0.25, 0.3) is 5.91 Å². The lowest BCUT2D eigenvalue weighted by Gasteiger charge is -2.20. The smallest absolute Gasteiger partial charge is 0.252 e. The Labute approximate surface area is 168 Å². The molecule has 0 saturated heterocycles. The Balaban J connectivity index is 1.62. The number of carbonyl (C=O) groups excluding carboxylic acids is 1. The molecular formula is C22H21N5O2. The fraction of sp³-hybridized carbons (Fsp3) is 0.136. The molecule has 2 aromatic heterocycles. The van der Waals surface area contributed by atoms with E-state index in [9.17, 15) is 4.79 Å². The van der Waals surface area contributed by atoms with Crippen molar-refractivity contribution >= 4 is 5.91 Å². The van der Waals surface area contributed by atoms with E-state index in [1.165, 1.54) is 0 Å². The van der Waals surface area contributed by atoms with E-state index in [2.05, 4.69) is 15.3 Å². The molecule has 0 saturated carbocycles. The van der Waals surface area contributed by atoms with Gasteiger partial charge in [-0.25, -0.2) is 9.97 Å². The Hall–Kier alpha value is -3.87. The summed E-state index contributed by atoms with van der Waals surface area (Å²) in [5, 5.41) is 3.10. The van der Waals surface area contributed by atoms with E-state index in [0.29, 0.717) is 5.56 Å². The standard InChI is InChI=1S/C22H21N5O2/c1-26-12-11-24-21(26)20(17-4-3-5-19(14-17)29-2)25-22(28)16-6-8-18(9-7-16)27-13-10-23-15-27/h3-15,20H,1-2H3,(H,25,28). The van der Waals surface area contributed by atoms with Crippen molar-refractivity contribution in [3.8, 4) is 11.4 Å². The molecule has 0 spiro atoms. The highest BCUT2D eigenvalue weighted by molar-refractivity contribution is 5.94. The summed E-state index contributed by atoms with van der Waals surface area (Å²) in [5.41, 5.74) is 2.39. The average Bonchev–Trinajstić information content (AvgIpc) is 3.44. The number of hydrogen-bond donors (Lipinski definition) is 1. The third-order valence-corrected chi connectivity index (χ3v) is 4.75.